The molecule has 3 aromatic rings. The number of carbonyl (C=O) groups is 2. The van der Waals surface area contributed by atoms with Crippen molar-refractivity contribution in [3.63, 3.8) is 0 Å². The van der Waals surface area contributed by atoms with Crippen LogP contribution in [0.4, 0.5) is 19.0 Å². The number of aromatic nitrogens is 2. The Morgan fingerprint density at radius 3 is 2.51 bits per heavy atom. The summed E-state index contributed by atoms with van der Waals surface area (Å²) in [5, 5.41) is 20.8. The summed E-state index contributed by atoms with van der Waals surface area (Å²) < 4.78 is 68.2. The normalized spacial score (nSPS) is 18.0. The molecule has 2 heterocycles. The lowest BCUT2D eigenvalue weighted by atomic mass is 9.81. The number of sulfone groups is 1. The topological polar surface area (TPSA) is 140 Å². The lowest BCUT2D eigenvalue weighted by molar-refractivity contribution is -0.136. The smallest absolute Gasteiger partial charge is 0.389 e. The van der Waals surface area contributed by atoms with Crippen LogP contribution in [0.2, 0.25) is 0 Å². The molecule has 10 nitrogen and oxygen atoms in total. The van der Waals surface area contributed by atoms with Gasteiger partial charge in [-0.15, -0.1) is 0 Å². The molecule has 0 radical (unpaired) electrons. The highest BCUT2D eigenvalue weighted by atomic mass is 32.2. The van der Waals surface area contributed by atoms with Crippen molar-refractivity contribution in [3.05, 3.63) is 69.9 Å². The second-order valence-electron chi connectivity index (χ2n) is 12.4. The van der Waals surface area contributed by atoms with Crippen molar-refractivity contribution in [3.8, 4) is 11.4 Å². The minimum atomic E-state index is -4.25. The molecule has 1 aromatic heterocycles. The highest BCUT2D eigenvalue weighted by molar-refractivity contribution is 7.91. The average Bonchev–Trinajstić information content (AvgIpc) is 3.43. The van der Waals surface area contributed by atoms with Crippen LogP contribution < -0.4 is 15.4 Å². The van der Waals surface area contributed by atoms with Crippen LogP contribution in [0.3, 0.4) is 0 Å². The van der Waals surface area contributed by atoms with E-state index in [1.165, 1.54) is 4.68 Å². The molecule has 1 spiro atoms. The number of nitrogens with zero attached hydrogens (tertiary/aromatic N) is 2. The van der Waals surface area contributed by atoms with E-state index in [0.29, 0.717) is 35.5 Å². The number of aryl methyl sites for hydroxylation is 2. The van der Waals surface area contributed by atoms with Gasteiger partial charge in [-0.1, -0.05) is 12.1 Å². The van der Waals surface area contributed by atoms with Crippen LogP contribution in [-0.2, 0) is 38.6 Å². The maximum atomic E-state index is 13.8. The zero-order chi connectivity index (χ0) is 32.9. The number of amides is 2. The fraction of sp³-hybridized carbons (Fsp3) is 0.452. The Bertz CT molecular complexity index is 1760. The standard InChI is InChI=1S/C31H35F3N4O6S/c1-18-14-22(44-13-5-11-31(32,33)34)15-19-10-12-30(26(18)19)16-23-25(28(40)36-30)27(35-24(39)17-45(4,42)43)38(37-23)21-8-6-20(7-9-21)29(2,3)41/h6-9,14-15,41H,5,10-13,16-17H2,1-4H3,(H,35,39)(H,36,40)/t30-/m0/s1. The van der Waals surface area contributed by atoms with Crippen molar-refractivity contribution in [1.82, 2.24) is 15.1 Å². The zero-order valence-corrected chi connectivity index (χ0v) is 26.2. The number of alkyl halides is 3. The van der Waals surface area contributed by atoms with E-state index in [2.05, 4.69) is 10.6 Å². The number of aliphatic hydroxyl groups is 1. The van der Waals surface area contributed by atoms with Crippen LogP contribution >= 0.6 is 0 Å². The van der Waals surface area contributed by atoms with E-state index in [1.54, 1.807) is 50.2 Å². The monoisotopic (exact) mass is 648 g/mol. The molecular weight excluding hydrogens is 613 g/mol. The highest BCUT2D eigenvalue weighted by Gasteiger charge is 2.47. The van der Waals surface area contributed by atoms with Crippen molar-refractivity contribution in [2.24, 2.45) is 0 Å². The molecule has 45 heavy (non-hydrogen) atoms. The second kappa shape index (κ2) is 11.5. The molecule has 1 aliphatic heterocycles. The van der Waals surface area contributed by atoms with Gasteiger partial charge in [0.15, 0.2) is 9.84 Å². The molecule has 14 heteroatoms. The first-order valence-electron chi connectivity index (χ1n) is 14.4. The maximum absolute atomic E-state index is 13.8. The molecule has 2 aliphatic rings. The van der Waals surface area contributed by atoms with E-state index >= 15 is 0 Å². The van der Waals surface area contributed by atoms with Gasteiger partial charge in [-0.05, 0) is 86.6 Å². The number of halogens is 3. The molecule has 242 valence electrons. The summed E-state index contributed by atoms with van der Waals surface area (Å²) in [6.07, 6.45) is -3.00. The average molecular weight is 649 g/mol. The van der Waals surface area contributed by atoms with Gasteiger partial charge in [0.1, 0.15) is 22.9 Å². The number of carbonyl (C=O) groups excluding carboxylic acids is 2. The number of ether oxygens (including phenoxy) is 1. The molecule has 5 rings (SSSR count). The van der Waals surface area contributed by atoms with Crippen molar-refractivity contribution in [2.45, 2.75) is 70.2 Å². The fourth-order valence-electron chi connectivity index (χ4n) is 6.18. The fourth-order valence-corrected chi connectivity index (χ4v) is 6.73. The van der Waals surface area contributed by atoms with E-state index in [1.807, 2.05) is 6.92 Å². The predicted molar refractivity (Wildman–Crippen MR) is 160 cm³/mol. The van der Waals surface area contributed by atoms with Gasteiger partial charge >= 0.3 is 6.18 Å². The summed E-state index contributed by atoms with van der Waals surface area (Å²) in [7, 11) is -3.67. The van der Waals surface area contributed by atoms with Crippen molar-refractivity contribution >= 4 is 27.5 Å². The Morgan fingerprint density at radius 2 is 1.89 bits per heavy atom. The predicted octanol–water partition coefficient (Wildman–Crippen LogP) is 4.24. The third-order valence-corrected chi connectivity index (χ3v) is 8.83. The van der Waals surface area contributed by atoms with E-state index in [4.69, 9.17) is 9.84 Å². The molecule has 3 N–H and O–H groups in total. The third kappa shape index (κ3) is 7.01. The molecule has 1 atom stereocenters. The Morgan fingerprint density at radius 1 is 1.20 bits per heavy atom. The van der Waals surface area contributed by atoms with Crippen LogP contribution in [-0.4, -0.2) is 59.9 Å². The van der Waals surface area contributed by atoms with Gasteiger partial charge in [-0.25, -0.2) is 13.1 Å². The molecule has 1 aliphatic carbocycles. The van der Waals surface area contributed by atoms with Crippen LogP contribution in [0, 0.1) is 6.92 Å². The van der Waals surface area contributed by atoms with Gasteiger partial charge in [0.05, 0.1) is 29.1 Å². The Kier molecular flexibility index (Phi) is 8.28. The highest BCUT2D eigenvalue weighted by Crippen LogP contribution is 2.46. The van der Waals surface area contributed by atoms with Crippen LogP contribution in [0.15, 0.2) is 36.4 Å². The van der Waals surface area contributed by atoms with Crippen molar-refractivity contribution in [1.29, 1.82) is 0 Å². The Balaban J connectivity index is 1.50. The molecule has 2 amide bonds. The van der Waals surface area contributed by atoms with E-state index in [-0.39, 0.29) is 30.8 Å². The van der Waals surface area contributed by atoms with Crippen LogP contribution in [0.5, 0.6) is 5.75 Å². The van der Waals surface area contributed by atoms with Crippen LogP contribution in [0.25, 0.3) is 5.69 Å². The minimum Gasteiger partial charge on any atom is -0.494 e. The lowest BCUT2D eigenvalue weighted by Gasteiger charge is -2.36. The molecule has 0 unspecified atom stereocenters. The molecule has 0 saturated heterocycles. The molecule has 0 bridgehead atoms. The summed E-state index contributed by atoms with van der Waals surface area (Å²) >= 11 is 0. The summed E-state index contributed by atoms with van der Waals surface area (Å²) in [6.45, 7) is 5.06. The van der Waals surface area contributed by atoms with Crippen LogP contribution in [0.1, 0.15) is 71.4 Å². The number of rotatable bonds is 9. The first-order chi connectivity index (χ1) is 20.9. The molecular formula is C31H35F3N4O6S. The number of benzene rings is 2. The SMILES string of the molecule is Cc1cc(OCCCC(F)(F)F)cc2c1[C@]1(CC2)Cc2nn(-c3ccc(C(C)(C)O)cc3)c(NC(=O)CS(C)(=O)=O)c2C(=O)N1. The molecule has 0 fully saturated rings. The molecule has 2 aromatic carbocycles. The summed E-state index contributed by atoms with van der Waals surface area (Å²) in [5.74, 6) is -1.62. The van der Waals surface area contributed by atoms with E-state index < -0.39 is 51.1 Å². The number of hydrogen-bond acceptors (Lipinski definition) is 7. The van der Waals surface area contributed by atoms with Gasteiger partial charge in [-0.3, -0.25) is 9.59 Å². The quantitative estimate of drug-likeness (QED) is 0.295. The lowest BCUT2D eigenvalue weighted by Crippen LogP contribution is -2.50. The first-order valence-corrected chi connectivity index (χ1v) is 16.5. The van der Waals surface area contributed by atoms with Gasteiger partial charge in [0.25, 0.3) is 5.91 Å². The van der Waals surface area contributed by atoms with Crippen molar-refractivity contribution < 1.29 is 41.0 Å². The number of nitrogens with one attached hydrogen (secondary N) is 2. The van der Waals surface area contributed by atoms with Gasteiger partial charge < -0.3 is 20.5 Å². The Labute approximate surface area is 258 Å². The van der Waals surface area contributed by atoms with E-state index in [0.717, 1.165) is 22.9 Å². The van der Waals surface area contributed by atoms with Crippen molar-refractivity contribution in [2.75, 3.05) is 23.9 Å². The van der Waals surface area contributed by atoms with Gasteiger partial charge in [-0.2, -0.15) is 18.3 Å². The van der Waals surface area contributed by atoms with Gasteiger partial charge in [0, 0.05) is 19.1 Å². The maximum Gasteiger partial charge on any atom is 0.389 e. The minimum absolute atomic E-state index is 0.0274. The number of fused-ring (bicyclic) bond motifs is 3. The third-order valence-electron chi connectivity index (χ3n) is 8.04. The number of anilines is 1. The molecule has 0 saturated carbocycles. The second-order valence-corrected chi connectivity index (χ2v) is 14.5. The largest absolute Gasteiger partial charge is 0.494 e. The first kappa shape index (κ1) is 32.5. The summed E-state index contributed by atoms with van der Waals surface area (Å²) in [5.41, 5.74) is 2.29. The van der Waals surface area contributed by atoms with Gasteiger partial charge in [0.2, 0.25) is 5.91 Å². The zero-order valence-electron chi connectivity index (χ0n) is 25.3. The summed E-state index contributed by atoms with van der Waals surface area (Å²) in [6, 6.07) is 10.3. The van der Waals surface area contributed by atoms with E-state index in [9.17, 15) is 36.3 Å². The number of hydrogen-bond donors (Lipinski definition) is 3. The summed E-state index contributed by atoms with van der Waals surface area (Å²) in [4.78, 5) is 26.6. The Hall–Kier alpha value is -3.91.